The molecule has 2 aromatic heterocycles. The van der Waals surface area contributed by atoms with Crippen molar-refractivity contribution < 1.29 is 5.11 Å². The van der Waals surface area contributed by atoms with E-state index in [1.807, 2.05) is 6.20 Å². The highest BCUT2D eigenvalue weighted by Crippen LogP contribution is 2.30. The van der Waals surface area contributed by atoms with Gasteiger partial charge in [-0.3, -0.25) is 9.36 Å². The first-order valence-corrected chi connectivity index (χ1v) is 12.1. The number of aryl methyl sites for hydroxylation is 2. The van der Waals surface area contributed by atoms with E-state index in [9.17, 15) is 9.90 Å². The van der Waals surface area contributed by atoms with Crippen LogP contribution in [0.15, 0.2) is 59.8 Å². The highest BCUT2D eigenvalue weighted by molar-refractivity contribution is 5.86. The molecule has 1 aliphatic heterocycles. The van der Waals surface area contributed by atoms with E-state index >= 15 is 0 Å². The average Bonchev–Trinajstić information content (AvgIpc) is 3.31. The van der Waals surface area contributed by atoms with E-state index in [-0.39, 0.29) is 11.3 Å². The molecule has 1 saturated heterocycles. The van der Waals surface area contributed by atoms with E-state index in [2.05, 4.69) is 59.3 Å². The van der Waals surface area contributed by atoms with Crippen LogP contribution in [0.5, 0.6) is 5.75 Å². The summed E-state index contributed by atoms with van der Waals surface area (Å²) in [7, 11) is 2.10. The van der Waals surface area contributed by atoms with Gasteiger partial charge in [-0.15, -0.1) is 0 Å². The highest BCUT2D eigenvalue weighted by Gasteiger charge is 2.21. The number of phenols is 1. The quantitative estimate of drug-likeness (QED) is 0.445. The van der Waals surface area contributed by atoms with Gasteiger partial charge in [0.2, 0.25) is 0 Å². The van der Waals surface area contributed by atoms with Crippen LogP contribution in [0.1, 0.15) is 29.5 Å². The Labute approximate surface area is 205 Å². The number of pyridine rings is 1. The summed E-state index contributed by atoms with van der Waals surface area (Å²) in [6.45, 7) is 6.72. The molecule has 180 valence electrons. The van der Waals surface area contributed by atoms with Crippen LogP contribution in [-0.2, 0) is 6.54 Å². The van der Waals surface area contributed by atoms with E-state index in [1.165, 1.54) is 17.3 Å². The number of phenolic OH excluding ortho intramolecular Hbond substituents is 1. The largest absolute Gasteiger partial charge is 0.508 e. The molecule has 7 heteroatoms. The number of fused-ring (bicyclic) bond motifs is 1. The van der Waals surface area contributed by atoms with E-state index in [4.69, 9.17) is 0 Å². The molecule has 1 aliphatic rings. The minimum Gasteiger partial charge on any atom is -0.508 e. The van der Waals surface area contributed by atoms with Crippen molar-refractivity contribution in [2.45, 2.75) is 39.3 Å². The molecule has 1 atom stereocenters. The number of nitrogens with zero attached hydrogens (tertiary/aromatic N) is 4. The van der Waals surface area contributed by atoms with Gasteiger partial charge in [-0.2, -0.15) is 0 Å². The molecule has 0 unspecified atom stereocenters. The van der Waals surface area contributed by atoms with Crippen LogP contribution in [0, 0.1) is 13.8 Å². The number of aromatic nitrogens is 3. The van der Waals surface area contributed by atoms with Crippen molar-refractivity contribution in [1.29, 1.82) is 0 Å². The molecule has 1 fully saturated rings. The van der Waals surface area contributed by atoms with Gasteiger partial charge in [0.1, 0.15) is 12.1 Å². The zero-order valence-corrected chi connectivity index (χ0v) is 20.5. The highest BCUT2D eigenvalue weighted by atomic mass is 16.3. The van der Waals surface area contributed by atoms with E-state index in [1.54, 1.807) is 24.3 Å². The Morgan fingerprint density at radius 3 is 2.66 bits per heavy atom. The van der Waals surface area contributed by atoms with Gasteiger partial charge in [0.25, 0.3) is 5.56 Å². The molecule has 3 heterocycles. The second kappa shape index (κ2) is 9.60. The smallest absolute Gasteiger partial charge is 0.267 e. The lowest BCUT2D eigenvalue weighted by Crippen LogP contribution is -2.35. The number of hydrogen-bond acceptors (Lipinski definition) is 6. The lowest BCUT2D eigenvalue weighted by atomic mass is 9.96. The first-order chi connectivity index (χ1) is 16.9. The number of benzene rings is 2. The number of nitrogens with one attached hydrogen (secondary N) is 1. The molecule has 0 bridgehead atoms. The Hall–Kier alpha value is -3.55. The fourth-order valence-corrected chi connectivity index (χ4v) is 5.14. The second-order valence-corrected chi connectivity index (χ2v) is 9.66. The van der Waals surface area contributed by atoms with E-state index in [0.717, 1.165) is 47.3 Å². The van der Waals surface area contributed by atoms with E-state index < -0.39 is 0 Å². The van der Waals surface area contributed by atoms with Gasteiger partial charge >= 0.3 is 0 Å². The molecule has 0 aliphatic carbocycles. The lowest BCUT2D eigenvalue weighted by molar-refractivity contribution is 0.294. The van der Waals surface area contributed by atoms with Gasteiger partial charge in [0.05, 0.1) is 11.1 Å². The van der Waals surface area contributed by atoms with Crippen LogP contribution in [-0.4, -0.2) is 50.7 Å². The maximum absolute atomic E-state index is 13.9. The summed E-state index contributed by atoms with van der Waals surface area (Å²) in [5.74, 6) is 0.0978. The summed E-state index contributed by atoms with van der Waals surface area (Å²) in [5, 5.41) is 14.0. The van der Waals surface area contributed by atoms with Crippen molar-refractivity contribution in [1.82, 2.24) is 24.8 Å². The molecule has 0 spiro atoms. The zero-order valence-electron chi connectivity index (χ0n) is 20.5. The SMILES string of the molecule is Cc1cc(C)cc(-c2cnc3ncn(-c4cccc(O)c4)c(=O)c3c2CN(C)C[C@@H]2CCCN2)c1. The van der Waals surface area contributed by atoms with Gasteiger partial charge < -0.3 is 15.3 Å². The van der Waals surface area contributed by atoms with Gasteiger partial charge in [-0.1, -0.05) is 35.4 Å². The molecule has 0 amide bonds. The molecule has 0 saturated carbocycles. The third kappa shape index (κ3) is 4.83. The lowest BCUT2D eigenvalue weighted by Gasteiger charge is -2.23. The molecule has 4 aromatic rings. The molecular formula is C28H31N5O2. The minimum atomic E-state index is -0.193. The fourth-order valence-electron chi connectivity index (χ4n) is 5.14. The summed E-state index contributed by atoms with van der Waals surface area (Å²) >= 11 is 0. The monoisotopic (exact) mass is 469 g/mol. The summed E-state index contributed by atoms with van der Waals surface area (Å²) in [4.78, 5) is 25.3. The molecule has 35 heavy (non-hydrogen) atoms. The molecule has 7 nitrogen and oxygen atoms in total. The normalized spacial score (nSPS) is 15.8. The number of hydrogen-bond donors (Lipinski definition) is 2. The first kappa shape index (κ1) is 23.2. The topological polar surface area (TPSA) is 83.3 Å². The Kier molecular flexibility index (Phi) is 6.36. The molecule has 0 radical (unpaired) electrons. The van der Waals surface area contributed by atoms with Crippen molar-refractivity contribution in [2.24, 2.45) is 0 Å². The summed E-state index contributed by atoms with van der Waals surface area (Å²) in [5.41, 5.74) is 6.05. The van der Waals surface area contributed by atoms with Crippen LogP contribution in [0.3, 0.4) is 0 Å². The summed E-state index contributed by atoms with van der Waals surface area (Å²) in [6, 6.07) is 13.5. The third-order valence-electron chi connectivity index (χ3n) is 6.66. The number of rotatable bonds is 6. The Morgan fingerprint density at radius 1 is 1.14 bits per heavy atom. The van der Waals surface area contributed by atoms with Crippen molar-refractivity contribution in [3.8, 4) is 22.6 Å². The van der Waals surface area contributed by atoms with Crippen LogP contribution >= 0.6 is 0 Å². The molecular weight excluding hydrogens is 438 g/mol. The Balaban J connectivity index is 1.70. The zero-order chi connectivity index (χ0) is 24.5. The standard InChI is InChI=1S/C28H31N5O2/c1-18-10-19(2)12-20(11-18)24-14-30-27-26(25(24)16-32(3)15-21-6-5-9-29-21)28(35)33(17-31-27)22-7-4-8-23(34)13-22/h4,7-8,10-14,17,21,29,34H,5-6,9,15-16H2,1-3H3/t21-/m0/s1. The Morgan fingerprint density at radius 2 is 1.94 bits per heavy atom. The van der Waals surface area contributed by atoms with Crippen LogP contribution < -0.4 is 10.9 Å². The van der Waals surface area contributed by atoms with Crippen molar-refractivity contribution in [2.75, 3.05) is 20.1 Å². The number of likely N-dealkylation sites (N-methyl/N-ethyl adjacent to an activating group) is 1. The molecule has 5 rings (SSSR count). The van der Waals surface area contributed by atoms with Gasteiger partial charge in [-0.25, -0.2) is 9.97 Å². The van der Waals surface area contributed by atoms with Gasteiger partial charge in [0, 0.05) is 37.0 Å². The maximum Gasteiger partial charge on any atom is 0.267 e. The van der Waals surface area contributed by atoms with Crippen molar-refractivity contribution in [3.63, 3.8) is 0 Å². The van der Waals surface area contributed by atoms with Crippen molar-refractivity contribution in [3.05, 3.63) is 82.0 Å². The predicted molar refractivity (Wildman–Crippen MR) is 139 cm³/mol. The van der Waals surface area contributed by atoms with Gasteiger partial charge in [0.15, 0.2) is 5.65 Å². The van der Waals surface area contributed by atoms with Crippen LogP contribution in [0.4, 0.5) is 0 Å². The summed E-state index contributed by atoms with van der Waals surface area (Å²) < 4.78 is 1.48. The van der Waals surface area contributed by atoms with Crippen molar-refractivity contribution >= 4 is 11.0 Å². The predicted octanol–water partition coefficient (Wildman–Crippen LogP) is 3.95. The maximum atomic E-state index is 13.9. The minimum absolute atomic E-state index is 0.0978. The fraction of sp³-hybridized carbons (Fsp3) is 0.321. The third-order valence-corrected chi connectivity index (χ3v) is 6.66. The molecule has 2 aromatic carbocycles. The second-order valence-electron chi connectivity index (χ2n) is 9.66. The van der Waals surface area contributed by atoms with Gasteiger partial charge in [-0.05, 0) is 63.5 Å². The Bertz CT molecular complexity index is 1420. The first-order valence-electron chi connectivity index (χ1n) is 12.1. The van der Waals surface area contributed by atoms with E-state index in [0.29, 0.717) is 29.3 Å². The van der Waals surface area contributed by atoms with Crippen LogP contribution in [0.25, 0.3) is 27.8 Å². The number of aromatic hydroxyl groups is 1. The molecule has 2 N–H and O–H groups in total. The van der Waals surface area contributed by atoms with Crippen LogP contribution in [0.2, 0.25) is 0 Å². The average molecular weight is 470 g/mol. The summed E-state index contributed by atoms with van der Waals surface area (Å²) in [6.07, 6.45) is 5.69.